The number of nitrogens with one attached hydrogen (secondary N) is 1. The molecule has 0 bridgehead atoms. The molecule has 0 unspecified atom stereocenters. The Hall–Kier alpha value is -1.26. The van der Waals surface area contributed by atoms with Crippen LogP contribution in [0.5, 0.6) is 5.75 Å². The van der Waals surface area contributed by atoms with E-state index >= 15 is 0 Å². The van der Waals surface area contributed by atoms with Crippen molar-refractivity contribution in [2.24, 2.45) is 0 Å². The van der Waals surface area contributed by atoms with E-state index in [0.29, 0.717) is 35.8 Å². The van der Waals surface area contributed by atoms with E-state index in [0.717, 1.165) is 0 Å². The second-order valence-electron chi connectivity index (χ2n) is 3.98. The topological polar surface area (TPSA) is 58.6 Å². The molecule has 0 saturated carbocycles. The van der Waals surface area contributed by atoms with Crippen LogP contribution >= 0.6 is 11.6 Å². The zero-order chi connectivity index (χ0) is 13.5. The van der Waals surface area contributed by atoms with Crippen LogP contribution < -0.4 is 10.1 Å². The second-order valence-corrected chi connectivity index (χ2v) is 4.42. The van der Waals surface area contributed by atoms with Gasteiger partial charge in [0.2, 0.25) is 5.91 Å². The van der Waals surface area contributed by atoms with Gasteiger partial charge < -0.3 is 15.2 Å². The summed E-state index contributed by atoms with van der Waals surface area (Å²) in [4.78, 5) is 11.0. The van der Waals surface area contributed by atoms with E-state index in [-0.39, 0.29) is 5.91 Å². The third kappa shape index (κ3) is 4.55. The molecule has 4 nitrogen and oxygen atoms in total. The Morgan fingerprint density at radius 3 is 2.89 bits per heavy atom. The van der Waals surface area contributed by atoms with Crippen molar-refractivity contribution in [3.8, 4) is 5.75 Å². The number of aliphatic hydroxyl groups excluding tert-OH is 1. The molecule has 0 heterocycles. The largest absolute Gasteiger partial charge is 0.493 e. The Morgan fingerprint density at radius 1 is 1.56 bits per heavy atom. The number of amides is 1. The fourth-order valence-corrected chi connectivity index (χ4v) is 1.70. The zero-order valence-corrected chi connectivity index (χ0v) is 11.3. The molecule has 1 aromatic rings. The van der Waals surface area contributed by atoms with Crippen molar-refractivity contribution in [1.82, 2.24) is 5.32 Å². The number of carbonyl (C=O) groups is 1. The first-order valence-corrected chi connectivity index (χ1v) is 6.23. The number of aliphatic hydroxyl groups is 1. The average molecular weight is 272 g/mol. The number of halogens is 1. The Kier molecular flexibility index (Phi) is 5.95. The predicted octanol–water partition coefficient (Wildman–Crippen LogP) is 2.30. The third-order valence-electron chi connectivity index (χ3n) is 2.51. The minimum atomic E-state index is -0.641. The number of rotatable bonds is 6. The van der Waals surface area contributed by atoms with E-state index in [1.807, 2.05) is 0 Å². The second kappa shape index (κ2) is 7.24. The van der Waals surface area contributed by atoms with Crippen LogP contribution in [0.4, 0.5) is 0 Å². The van der Waals surface area contributed by atoms with Crippen LogP contribution in [-0.4, -0.2) is 24.7 Å². The minimum absolute atomic E-state index is 0.00884. The maximum absolute atomic E-state index is 11.0. The summed E-state index contributed by atoms with van der Waals surface area (Å²) in [6, 6.07) is 5.12. The van der Waals surface area contributed by atoms with Gasteiger partial charge in [-0.2, -0.15) is 0 Å². The molecular formula is C13H18ClNO3. The Bertz CT molecular complexity index is 407. The summed E-state index contributed by atoms with van der Waals surface area (Å²) in [7, 11) is 1.61. The molecule has 0 aliphatic heterocycles. The maximum Gasteiger partial charge on any atom is 0.219 e. The number of hydrogen-bond donors (Lipinski definition) is 2. The predicted molar refractivity (Wildman–Crippen MR) is 70.9 cm³/mol. The first-order chi connectivity index (χ1) is 8.54. The third-order valence-corrected chi connectivity index (χ3v) is 2.74. The lowest BCUT2D eigenvalue weighted by Crippen LogP contribution is -2.18. The van der Waals surface area contributed by atoms with E-state index in [1.54, 1.807) is 32.2 Å². The molecule has 0 aromatic heterocycles. The number of benzene rings is 1. The van der Waals surface area contributed by atoms with Crippen LogP contribution in [0.3, 0.4) is 0 Å². The van der Waals surface area contributed by atoms with Crippen LogP contribution in [0.2, 0.25) is 5.02 Å². The molecule has 2 N–H and O–H groups in total. The molecule has 1 atom stereocenters. The SMILES string of the molecule is CNC(=O)CCCOc1ccc(Cl)cc1[C@@H](C)O. The Labute approximate surface area is 112 Å². The van der Waals surface area contributed by atoms with Crippen LogP contribution in [0.25, 0.3) is 0 Å². The molecule has 0 spiro atoms. The van der Waals surface area contributed by atoms with Gasteiger partial charge in [0, 0.05) is 24.1 Å². The van der Waals surface area contributed by atoms with Crippen LogP contribution in [0, 0.1) is 0 Å². The fraction of sp³-hybridized carbons (Fsp3) is 0.462. The molecule has 1 rings (SSSR count). The van der Waals surface area contributed by atoms with Gasteiger partial charge in [-0.05, 0) is 31.5 Å². The van der Waals surface area contributed by atoms with Gasteiger partial charge in [-0.25, -0.2) is 0 Å². The molecule has 1 aromatic carbocycles. The van der Waals surface area contributed by atoms with Crippen molar-refractivity contribution >= 4 is 17.5 Å². The standard InChI is InChI=1S/C13H18ClNO3/c1-9(16)11-8-10(14)5-6-12(11)18-7-3-4-13(17)15-2/h5-6,8-9,16H,3-4,7H2,1-2H3,(H,15,17)/t9-/m1/s1. The molecule has 0 aliphatic carbocycles. The summed E-state index contributed by atoms with van der Waals surface area (Å²) < 4.78 is 5.55. The van der Waals surface area contributed by atoms with Crippen molar-refractivity contribution in [3.05, 3.63) is 28.8 Å². The van der Waals surface area contributed by atoms with Gasteiger partial charge in [-0.1, -0.05) is 11.6 Å². The van der Waals surface area contributed by atoms with Crippen molar-refractivity contribution < 1.29 is 14.6 Å². The molecular weight excluding hydrogens is 254 g/mol. The fourth-order valence-electron chi connectivity index (χ4n) is 1.52. The molecule has 100 valence electrons. The van der Waals surface area contributed by atoms with Gasteiger partial charge in [-0.15, -0.1) is 0 Å². The highest BCUT2D eigenvalue weighted by Crippen LogP contribution is 2.28. The average Bonchev–Trinajstić information content (AvgIpc) is 2.35. The highest BCUT2D eigenvalue weighted by atomic mass is 35.5. The highest BCUT2D eigenvalue weighted by molar-refractivity contribution is 6.30. The monoisotopic (exact) mass is 271 g/mol. The smallest absolute Gasteiger partial charge is 0.219 e. The van der Waals surface area contributed by atoms with Crippen molar-refractivity contribution in [2.75, 3.05) is 13.7 Å². The quantitative estimate of drug-likeness (QED) is 0.781. The van der Waals surface area contributed by atoms with Crippen LogP contribution in [-0.2, 0) is 4.79 Å². The molecule has 1 amide bonds. The number of ether oxygens (including phenoxy) is 1. The van der Waals surface area contributed by atoms with Crippen LogP contribution in [0.1, 0.15) is 31.4 Å². The first kappa shape index (κ1) is 14.8. The van der Waals surface area contributed by atoms with E-state index in [9.17, 15) is 9.90 Å². The summed E-state index contributed by atoms with van der Waals surface area (Å²) in [5, 5.41) is 12.7. The zero-order valence-electron chi connectivity index (χ0n) is 10.6. The molecule has 0 aliphatic rings. The van der Waals surface area contributed by atoms with Crippen molar-refractivity contribution in [3.63, 3.8) is 0 Å². The van der Waals surface area contributed by atoms with Gasteiger partial charge in [0.15, 0.2) is 0 Å². The lowest BCUT2D eigenvalue weighted by molar-refractivity contribution is -0.120. The van der Waals surface area contributed by atoms with Gasteiger partial charge in [-0.3, -0.25) is 4.79 Å². The molecule has 5 heteroatoms. The summed E-state index contributed by atoms with van der Waals surface area (Å²) in [5.74, 6) is 0.594. The van der Waals surface area contributed by atoms with Crippen molar-refractivity contribution in [1.29, 1.82) is 0 Å². The van der Waals surface area contributed by atoms with E-state index in [4.69, 9.17) is 16.3 Å². The Balaban J connectivity index is 2.54. The number of hydrogen-bond acceptors (Lipinski definition) is 3. The normalized spacial score (nSPS) is 12.0. The maximum atomic E-state index is 11.0. The first-order valence-electron chi connectivity index (χ1n) is 5.85. The van der Waals surface area contributed by atoms with Crippen molar-refractivity contribution in [2.45, 2.75) is 25.9 Å². The molecule has 0 saturated heterocycles. The summed E-state index contributed by atoms with van der Waals surface area (Å²) in [6.07, 6.45) is 0.410. The summed E-state index contributed by atoms with van der Waals surface area (Å²) in [5.41, 5.74) is 0.655. The summed E-state index contributed by atoms with van der Waals surface area (Å²) in [6.45, 7) is 2.08. The molecule has 0 fully saturated rings. The minimum Gasteiger partial charge on any atom is -0.493 e. The Morgan fingerprint density at radius 2 is 2.28 bits per heavy atom. The highest BCUT2D eigenvalue weighted by Gasteiger charge is 2.10. The van der Waals surface area contributed by atoms with E-state index in [2.05, 4.69) is 5.32 Å². The van der Waals surface area contributed by atoms with E-state index < -0.39 is 6.10 Å². The van der Waals surface area contributed by atoms with Gasteiger partial charge in [0.05, 0.1) is 12.7 Å². The van der Waals surface area contributed by atoms with E-state index in [1.165, 1.54) is 0 Å². The lowest BCUT2D eigenvalue weighted by atomic mass is 10.1. The molecule has 18 heavy (non-hydrogen) atoms. The number of carbonyl (C=O) groups excluding carboxylic acids is 1. The van der Waals surface area contributed by atoms with Gasteiger partial charge in [0.25, 0.3) is 0 Å². The summed E-state index contributed by atoms with van der Waals surface area (Å²) >= 11 is 5.86. The van der Waals surface area contributed by atoms with Gasteiger partial charge in [0.1, 0.15) is 5.75 Å². The molecule has 0 radical (unpaired) electrons. The lowest BCUT2D eigenvalue weighted by Gasteiger charge is -2.13. The van der Waals surface area contributed by atoms with Crippen LogP contribution in [0.15, 0.2) is 18.2 Å². The van der Waals surface area contributed by atoms with Gasteiger partial charge >= 0.3 is 0 Å².